The highest BCUT2D eigenvalue weighted by atomic mass is 16.5. The van der Waals surface area contributed by atoms with Crippen LogP contribution in [0.3, 0.4) is 0 Å². The van der Waals surface area contributed by atoms with Crippen LogP contribution in [0, 0.1) is 11.8 Å². The monoisotopic (exact) mass is 520 g/mol. The quantitative estimate of drug-likeness (QED) is 0.228. The second-order valence-electron chi connectivity index (χ2n) is 8.92. The Balaban J connectivity index is 1.38. The molecule has 0 saturated heterocycles. The van der Waals surface area contributed by atoms with Crippen LogP contribution >= 0.6 is 0 Å². The average Bonchev–Trinajstić information content (AvgIpc) is 2.94. The molecule has 1 aliphatic rings. The predicted molar refractivity (Wildman–Crippen MR) is 139 cm³/mol. The topological polar surface area (TPSA) is 105 Å². The summed E-state index contributed by atoms with van der Waals surface area (Å²) in [6.45, 7) is 7.19. The Hall–Kier alpha value is -4.20. The van der Waals surface area contributed by atoms with Crippen LogP contribution in [0.25, 0.3) is 0 Å². The molecular formula is C30H32O8. The zero-order chi connectivity index (χ0) is 27.3. The van der Waals surface area contributed by atoms with Gasteiger partial charge in [-0.25, -0.2) is 9.59 Å². The van der Waals surface area contributed by atoms with Gasteiger partial charge in [-0.05, 0) is 61.1 Å². The maximum Gasteiger partial charge on any atom is 0.330 e. The first kappa shape index (κ1) is 28.4. The first-order valence-corrected chi connectivity index (χ1v) is 12.6. The molecule has 200 valence electrons. The third-order valence-electron chi connectivity index (χ3n) is 6.28. The van der Waals surface area contributed by atoms with E-state index in [1.807, 2.05) is 24.3 Å². The van der Waals surface area contributed by atoms with Gasteiger partial charge in [0.15, 0.2) is 0 Å². The van der Waals surface area contributed by atoms with Gasteiger partial charge >= 0.3 is 23.9 Å². The number of hydrogen-bond acceptors (Lipinski definition) is 8. The van der Waals surface area contributed by atoms with E-state index in [9.17, 15) is 19.2 Å². The second kappa shape index (κ2) is 14.5. The molecule has 0 amide bonds. The van der Waals surface area contributed by atoms with Crippen LogP contribution in [0.2, 0.25) is 0 Å². The molecule has 0 aromatic heterocycles. The molecule has 38 heavy (non-hydrogen) atoms. The van der Waals surface area contributed by atoms with E-state index in [0.29, 0.717) is 50.0 Å². The lowest BCUT2D eigenvalue weighted by molar-refractivity contribution is -0.145. The first-order chi connectivity index (χ1) is 18.4. The maximum atomic E-state index is 12.6. The van der Waals surface area contributed by atoms with Crippen LogP contribution in [-0.2, 0) is 41.5 Å². The highest BCUT2D eigenvalue weighted by Gasteiger charge is 2.32. The van der Waals surface area contributed by atoms with Crippen molar-refractivity contribution in [3.05, 3.63) is 85.0 Å². The molecule has 0 spiro atoms. The van der Waals surface area contributed by atoms with Gasteiger partial charge in [-0.2, -0.15) is 0 Å². The lowest BCUT2D eigenvalue weighted by Crippen LogP contribution is -2.30. The zero-order valence-corrected chi connectivity index (χ0v) is 21.3. The van der Waals surface area contributed by atoms with Crippen molar-refractivity contribution in [3.8, 4) is 11.5 Å². The van der Waals surface area contributed by atoms with Gasteiger partial charge in [0.1, 0.15) is 11.5 Å². The van der Waals surface area contributed by atoms with Crippen molar-refractivity contribution in [1.29, 1.82) is 0 Å². The summed E-state index contributed by atoms with van der Waals surface area (Å²) in [5.74, 6) is -1.18. The molecule has 0 bridgehead atoms. The van der Waals surface area contributed by atoms with E-state index in [1.165, 1.54) is 0 Å². The van der Waals surface area contributed by atoms with Crippen molar-refractivity contribution in [1.82, 2.24) is 0 Å². The molecule has 0 radical (unpaired) electrons. The number of rotatable bonds is 12. The van der Waals surface area contributed by atoms with Gasteiger partial charge in [0.25, 0.3) is 0 Å². The number of hydrogen-bond donors (Lipinski definition) is 0. The molecule has 2 aromatic carbocycles. The van der Waals surface area contributed by atoms with Crippen molar-refractivity contribution in [2.45, 2.75) is 38.5 Å². The Bertz CT molecular complexity index is 1030. The first-order valence-electron chi connectivity index (χ1n) is 12.6. The SMILES string of the molecule is C=CC(=O)OCCc1ccc(OC(=O)C2CCC(C(=O)Oc3ccc(CCOC(=O)C=C)cc3)CC2)cc1. The van der Waals surface area contributed by atoms with E-state index in [-0.39, 0.29) is 37.0 Å². The fourth-order valence-electron chi connectivity index (χ4n) is 4.07. The van der Waals surface area contributed by atoms with Crippen LogP contribution in [0.4, 0.5) is 0 Å². The second-order valence-corrected chi connectivity index (χ2v) is 8.92. The normalized spacial score (nSPS) is 16.5. The summed E-state index contributed by atoms with van der Waals surface area (Å²) in [7, 11) is 0. The van der Waals surface area contributed by atoms with Crippen molar-refractivity contribution < 1.29 is 38.1 Å². The van der Waals surface area contributed by atoms with Crippen LogP contribution < -0.4 is 9.47 Å². The zero-order valence-electron chi connectivity index (χ0n) is 21.3. The van der Waals surface area contributed by atoms with Gasteiger partial charge in [-0.3, -0.25) is 9.59 Å². The predicted octanol–water partition coefficient (Wildman–Crippen LogP) is 4.55. The van der Waals surface area contributed by atoms with Gasteiger partial charge in [0, 0.05) is 25.0 Å². The van der Waals surface area contributed by atoms with Crippen molar-refractivity contribution in [2.24, 2.45) is 11.8 Å². The van der Waals surface area contributed by atoms with Gasteiger partial charge < -0.3 is 18.9 Å². The number of ether oxygens (including phenoxy) is 4. The molecule has 8 nitrogen and oxygen atoms in total. The average molecular weight is 521 g/mol. The van der Waals surface area contributed by atoms with E-state index in [2.05, 4.69) is 13.2 Å². The largest absolute Gasteiger partial charge is 0.462 e. The Morgan fingerprint density at radius 3 is 1.29 bits per heavy atom. The van der Waals surface area contributed by atoms with Gasteiger partial charge in [-0.15, -0.1) is 0 Å². The molecule has 1 saturated carbocycles. The minimum absolute atomic E-state index is 0.246. The molecule has 1 aliphatic carbocycles. The third kappa shape index (κ3) is 9.03. The molecule has 0 heterocycles. The fraction of sp³-hybridized carbons (Fsp3) is 0.333. The van der Waals surface area contributed by atoms with E-state index in [1.54, 1.807) is 24.3 Å². The minimum atomic E-state index is -0.463. The summed E-state index contributed by atoms with van der Waals surface area (Å²) >= 11 is 0. The molecule has 0 aliphatic heterocycles. The van der Waals surface area contributed by atoms with Crippen molar-refractivity contribution in [3.63, 3.8) is 0 Å². The lowest BCUT2D eigenvalue weighted by atomic mass is 9.82. The molecule has 0 unspecified atom stereocenters. The molecular weight excluding hydrogens is 488 g/mol. The number of benzene rings is 2. The molecule has 8 heteroatoms. The number of carbonyl (C=O) groups excluding carboxylic acids is 4. The molecule has 2 aromatic rings. The minimum Gasteiger partial charge on any atom is -0.462 e. The molecule has 0 atom stereocenters. The van der Waals surface area contributed by atoms with Crippen molar-refractivity contribution in [2.75, 3.05) is 13.2 Å². The summed E-state index contributed by atoms with van der Waals surface area (Å²) in [5.41, 5.74) is 1.90. The fourth-order valence-corrected chi connectivity index (χ4v) is 4.07. The highest BCUT2D eigenvalue weighted by molar-refractivity contribution is 5.81. The van der Waals surface area contributed by atoms with Crippen LogP contribution in [0.1, 0.15) is 36.8 Å². The Morgan fingerprint density at radius 1 is 0.632 bits per heavy atom. The maximum absolute atomic E-state index is 12.6. The number of carbonyl (C=O) groups is 4. The molecule has 0 N–H and O–H groups in total. The third-order valence-corrected chi connectivity index (χ3v) is 6.28. The Labute approximate surface area is 222 Å². The van der Waals surface area contributed by atoms with Gasteiger partial charge in [0.05, 0.1) is 25.0 Å². The number of esters is 4. The summed E-state index contributed by atoms with van der Waals surface area (Å²) in [6.07, 6.45) is 5.53. The highest BCUT2D eigenvalue weighted by Crippen LogP contribution is 2.31. The van der Waals surface area contributed by atoms with Crippen LogP contribution in [0.5, 0.6) is 11.5 Å². The summed E-state index contributed by atoms with van der Waals surface area (Å²) < 4.78 is 21.0. The molecule has 1 fully saturated rings. The lowest BCUT2D eigenvalue weighted by Gasteiger charge is -2.25. The summed E-state index contributed by atoms with van der Waals surface area (Å²) in [5, 5.41) is 0. The van der Waals surface area contributed by atoms with Gasteiger partial charge in [-0.1, -0.05) is 37.4 Å². The van der Waals surface area contributed by atoms with E-state index in [0.717, 1.165) is 23.3 Å². The Kier molecular flexibility index (Phi) is 10.8. The van der Waals surface area contributed by atoms with Crippen LogP contribution in [0.15, 0.2) is 73.8 Å². The standard InChI is InChI=1S/C30H32O8/c1-3-27(31)35-19-17-21-5-13-25(14-6-21)37-29(33)23-9-11-24(12-10-23)30(34)38-26-15-7-22(8-16-26)18-20-36-28(32)4-2/h3-8,13-16,23-24H,1-2,9-12,17-20H2. The van der Waals surface area contributed by atoms with E-state index < -0.39 is 11.9 Å². The van der Waals surface area contributed by atoms with Crippen LogP contribution in [-0.4, -0.2) is 37.1 Å². The summed E-state index contributed by atoms with van der Waals surface area (Å²) in [6, 6.07) is 14.1. The van der Waals surface area contributed by atoms with E-state index >= 15 is 0 Å². The Morgan fingerprint density at radius 2 is 0.974 bits per heavy atom. The van der Waals surface area contributed by atoms with Gasteiger partial charge in [0.2, 0.25) is 0 Å². The summed E-state index contributed by atoms with van der Waals surface area (Å²) in [4.78, 5) is 47.4. The van der Waals surface area contributed by atoms with E-state index in [4.69, 9.17) is 18.9 Å². The molecule has 3 rings (SSSR count). The smallest absolute Gasteiger partial charge is 0.330 e. The van der Waals surface area contributed by atoms with Crippen molar-refractivity contribution >= 4 is 23.9 Å².